The third kappa shape index (κ3) is 5.76. The average Bonchev–Trinajstić information content (AvgIpc) is 2.70. The fourth-order valence-electron chi connectivity index (χ4n) is 4.16. The van der Waals surface area contributed by atoms with Gasteiger partial charge in [-0.05, 0) is 66.6 Å². The molecule has 0 saturated heterocycles. The summed E-state index contributed by atoms with van der Waals surface area (Å²) >= 11 is 0. The molecule has 1 fully saturated rings. The molecule has 1 nitrogen and oxygen atoms in total. The third-order valence-electron chi connectivity index (χ3n) is 5.85. The van der Waals surface area contributed by atoms with Crippen LogP contribution in [0.15, 0.2) is 48.5 Å². The molecular weight excluding hydrogens is 361 g/mol. The predicted molar refractivity (Wildman–Crippen MR) is 106 cm³/mol. The van der Waals surface area contributed by atoms with E-state index < -0.39 is 11.9 Å². The van der Waals surface area contributed by atoms with Gasteiger partial charge in [-0.3, -0.25) is 0 Å². The fourth-order valence-corrected chi connectivity index (χ4v) is 4.16. The van der Waals surface area contributed by atoms with Crippen molar-refractivity contribution < 1.29 is 17.9 Å². The first-order valence-corrected chi connectivity index (χ1v) is 10.4. The molecule has 1 aliphatic rings. The van der Waals surface area contributed by atoms with Crippen molar-refractivity contribution in [2.45, 2.75) is 64.4 Å². The fraction of sp³-hybridized carbons (Fsp3) is 0.500. The summed E-state index contributed by atoms with van der Waals surface area (Å²) in [5.41, 5.74) is 0.887. The third-order valence-corrected chi connectivity index (χ3v) is 5.85. The molecule has 0 bridgehead atoms. The quantitative estimate of drug-likeness (QED) is 0.453. The van der Waals surface area contributed by atoms with Crippen molar-refractivity contribution in [3.8, 4) is 5.75 Å². The molecule has 0 spiro atoms. The van der Waals surface area contributed by atoms with E-state index in [-0.39, 0.29) is 11.3 Å². The standard InChI is InChI=1S/C24H29F3O/c1-2-3-18-4-6-19(7-5-18)8-9-20-10-12-21(13-11-20)24(26,27)28-23-16-14-22(25)15-17-23/h10-19H,2-9H2,1H3. The Morgan fingerprint density at radius 2 is 1.43 bits per heavy atom. The Kier molecular flexibility index (Phi) is 7.03. The molecule has 0 aromatic heterocycles. The molecule has 0 N–H and O–H groups in total. The van der Waals surface area contributed by atoms with Crippen molar-refractivity contribution in [2.24, 2.45) is 11.8 Å². The minimum absolute atomic E-state index is 0.0610. The number of ether oxygens (including phenoxy) is 1. The monoisotopic (exact) mass is 390 g/mol. The smallest absolute Gasteiger partial charge is 0.426 e. The lowest BCUT2D eigenvalue weighted by Gasteiger charge is -2.28. The highest BCUT2D eigenvalue weighted by Gasteiger charge is 2.34. The molecule has 2 aromatic rings. The van der Waals surface area contributed by atoms with Crippen molar-refractivity contribution in [3.05, 3.63) is 65.5 Å². The van der Waals surface area contributed by atoms with Gasteiger partial charge in [0.1, 0.15) is 11.6 Å². The zero-order chi connectivity index (χ0) is 20.0. The van der Waals surface area contributed by atoms with E-state index in [1.807, 2.05) is 0 Å². The van der Waals surface area contributed by atoms with Crippen molar-refractivity contribution in [3.63, 3.8) is 0 Å². The van der Waals surface area contributed by atoms with Crippen LogP contribution < -0.4 is 4.74 Å². The molecule has 0 radical (unpaired) electrons. The van der Waals surface area contributed by atoms with Crippen molar-refractivity contribution >= 4 is 0 Å². The maximum atomic E-state index is 14.3. The SMILES string of the molecule is CCCC1CCC(CCc2ccc(C(F)(F)Oc3ccc(F)cc3)cc2)CC1. The van der Waals surface area contributed by atoms with Gasteiger partial charge < -0.3 is 4.74 Å². The Morgan fingerprint density at radius 3 is 2.00 bits per heavy atom. The molecule has 3 rings (SSSR count). The van der Waals surface area contributed by atoms with Gasteiger partial charge in [0, 0.05) is 0 Å². The van der Waals surface area contributed by atoms with Crippen LogP contribution in [0.2, 0.25) is 0 Å². The number of rotatable bonds is 8. The summed E-state index contributed by atoms with van der Waals surface area (Å²) in [5, 5.41) is 0. The lowest BCUT2D eigenvalue weighted by atomic mass is 9.78. The second-order valence-corrected chi connectivity index (χ2v) is 7.98. The largest absolute Gasteiger partial charge is 0.429 e. The number of halogens is 3. The molecule has 152 valence electrons. The molecule has 2 aromatic carbocycles. The summed E-state index contributed by atoms with van der Waals surface area (Å²) in [7, 11) is 0. The molecule has 0 atom stereocenters. The van der Waals surface area contributed by atoms with Gasteiger partial charge in [0.05, 0.1) is 5.56 Å². The van der Waals surface area contributed by atoms with Crippen molar-refractivity contribution in [1.29, 1.82) is 0 Å². The number of hydrogen-bond acceptors (Lipinski definition) is 1. The van der Waals surface area contributed by atoms with Crippen LogP contribution >= 0.6 is 0 Å². The molecule has 0 amide bonds. The first-order chi connectivity index (χ1) is 13.5. The summed E-state index contributed by atoms with van der Waals surface area (Å²) in [4.78, 5) is 0. The highest BCUT2D eigenvalue weighted by atomic mass is 19.3. The molecular formula is C24H29F3O. The van der Waals surface area contributed by atoms with Gasteiger partial charge in [0.15, 0.2) is 0 Å². The van der Waals surface area contributed by atoms with Gasteiger partial charge in [-0.15, -0.1) is 0 Å². The summed E-state index contributed by atoms with van der Waals surface area (Å²) in [5.74, 6) is 1.12. The van der Waals surface area contributed by atoms with Gasteiger partial charge in [-0.25, -0.2) is 4.39 Å². The Balaban J connectivity index is 1.51. The van der Waals surface area contributed by atoms with Gasteiger partial charge in [-0.1, -0.05) is 57.6 Å². The van der Waals surface area contributed by atoms with Gasteiger partial charge in [0.25, 0.3) is 0 Å². The summed E-state index contributed by atoms with van der Waals surface area (Å²) < 4.78 is 46.3. The second kappa shape index (κ2) is 9.49. The predicted octanol–water partition coefficient (Wildman–Crippen LogP) is 7.49. The summed E-state index contributed by atoms with van der Waals surface area (Å²) in [6, 6.07) is 11.0. The molecule has 1 aliphatic carbocycles. The van der Waals surface area contributed by atoms with E-state index >= 15 is 0 Å². The molecule has 0 heterocycles. The Labute approximate surface area is 165 Å². The maximum absolute atomic E-state index is 14.3. The first-order valence-electron chi connectivity index (χ1n) is 10.4. The van der Waals surface area contributed by atoms with Gasteiger partial charge >= 0.3 is 6.11 Å². The van der Waals surface area contributed by atoms with E-state index in [0.29, 0.717) is 0 Å². The number of hydrogen-bond donors (Lipinski definition) is 0. The van der Waals surface area contributed by atoms with Gasteiger partial charge in [0.2, 0.25) is 0 Å². The minimum atomic E-state index is -3.45. The van der Waals surface area contributed by atoms with Crippen molar-refractivity contribution in [1.82, 2.24) is 0 Å². The lowest BCUT2D eigenvalue weighted by molar-refractivity contribution is -0.185. The number of benzene rings is 2. The average molecular weight is 390 g/mol. The Bertz CT molecular complexity index is 717. The van der Waals surface area contributed by atoms with Crippen LogP contribution in [0, 0.1) is 17.7 Å². The van der Waals surface area contributed by atoms with E-state index in [9.17, 15) is 13.2 Å². The van der Waals surface area contributed by atoms with E-state index in [4.69, 9.17) is 4.74 Å². The normalized spacial score (nSPS) is 20.1. The highest BCUT2D eigenvalue weighted by Crippen LogP contribution is 2.35. The van der Waals surface area contributed by atoms with Crippen LogP contribution in [0.1, 0.15) is 63.0 Å². The van der Waals surface area contributed by atoms with Crippen LogP contribution in [0.25, 0.3) is 0 Å². The van der Waals surface area contributed by atoms with E-state index in [1.54, 1.807) is 12.1 Å². The van der Waals surface area contributed by atoms with Crippen molar-refractivity contribution in [2.75, 3.05) is 0 Å². The first kappa shape index (κ1) is 20.8. The van der Waals surface area contributed by atoms with E-state index in [0.717, 1.165) is 42.4 Å². The zero-order valence-corrected chi connectivity index (χ0v) is 16.5. The zero-order valence-electron chi connectivity index (χ0n) is 16.5. The highest BCUT2D eigenvalue weighted by molar-refractivity contribution is 5.28. The summed E-state index contributed by atoms with van der Waals surface area (Å²) in [6.07, 6.45) is 6.50. The number of aryl methyl sites for hydroxylation is 1. The molecule has 0 unspecified atom stereocenters. The van der Waals surface area contributed by atoms with Gasteiger partial charge in [-0.2, -0.15) is 8.78 Å². The van der Waals surface area contributed by atoms with Crippen LogP contribution in [0.5, 0.6) is 5.75 Å². The molecule has 28 heavy (non-hydrogen) atoms. The molecule has 4 heteroatoms. The van der Waals surface area contributed by atoms with E-state index in [1.165, 1.54) is 62.8 Å². The van der Waals surface area contributed by atoms with E-state index in [2.05, 4.69) is 6.92 Å². The van der Waals surface area contributed by atoms with Crippen LogP contribution in [-0.2, 0) is 12.5 Å². The molecule has 1 saturated carbocycles. The summed E-state index contributed by atoms with van der Waals surface area (Å²) in [6.45, 7) is 2.25. The minimum Gasteiger partial charge on any atom is -0.429 e. The lowest BCUT2D eigenvalue weighted by Crippen LogP contribution is -2.21. The topological polar surface area (TPSA) is 9.23 Å². The Hall–Kier alpha value is -1.97. The maximum Gasteiger partial charge on any atom is 0.426 e. The Morgan fingerprint density at radius 1 is 0.857 bits per heavy atom. The second-order valence-electron chi connectivity index (χ2n) is 7.98. The van der Waals surface area contributed by atoms with Crippen LogP contribution in [-0.4, -0.2) is 0 Å². The van der Waals surface area contributed by atoms with Crippen LogP contribution in [0.4, 0.5) is 13.2 Å². The van der Waals surface area contributed by atoms with Crippen LogP contribution in [0.3, 0.4) is 0 Å². The molecule has 0 aliphatic heterocycles. The number of alkyl halides is 2.